The van der Waals surface area contributed by atoms with E-state index >= 15 is 0 Å². The van der Waals surface area contributed by atoms with Gasteiger partial charge in [-0.25, -0.2) is 14.4 Å². The molecule has 1 aromatic rings. The van der Waals surface area contributed by atoms with Crippen LogP contribution in [0.3, 0.4) is 0 Å². The first-order chi connectivity index (χ1) is 62.3. The topological polar surface area (TPSA) is 431 Å². The van der Waals surface area contributed by atoms with E-state index in [0.29, 0.717) is 32.2 Å². The molecular formula is C96H141Cl4N13O19. The molecule has 3 saturated heterocycles. The van der Waals surface area contributed by atoms with Crippen molar-refractivity contribution in [2.24, 2.45) is 70.0 Å². The Balaban J connectivity index is 0.000000223. The van der Waals surface area contributed by atoms with E-state index in [9.17, 15) is 76.7 Å². The molecule has 1 aromatic carbocycles. The van der Waals surface area contributed by atoms with E-state index in [-0.39, 0.29) is 129 Å². The number of alkyl carbamates (subject to hydrolysis) is 3. The van der Waals surface area contributed by atoms with Gasteiger partial charge in [0.25, 0.3) is 17.7 Å². The van der Waals surface area contributed by atoms with Crippen LogP contribution >= 0.6 is 46.4 Å². The van der Waals surface area contributed by atoms with Crippen LogP contribution < -0.4 is 53.2 Å². The van der Waals surface area contributed by atoms with Crippen molar-refractivity contribution < 1.29 is 90.9 Å². The van der Waals surface area contributed by atoms with Crippen molar-refractivity contribution in [3.8, 4) is 0 Å². The predicted octanol–water partition coefficient (Wildman–Crippen LogP) is 10.5. The van der Waals surface area contributed by atoms with E-state index in [2.05, 4.69) is 93.7 Å². The number of alkyl halides is 4. The molecule has 7 unspecified atom stereocenters. The Bertz CT molecular complexity index is 4360. The maximum absolute atomic E-state index is 14.2. The molecule has 3 heterocycles. The second-order valence-electron chi connectivity index (χ2n) is 40.1. The Morgan fingerprint density at radius 3 is 1.31 bits per heavy atom. The molecule has 36 heteroatoms. The van der Waals surface area contributed by atoms with Crippen LogP contribution in [0.5, 0.6) is 0 Å². The SMILES string of the molecule is C=CCCNC(=O)C(=O)C(CCC=C)NC(=O)[C@@H]1[C@@H]2[C@H](CN1C(=O)[C@@H](NC(=O)OC(C)(C)C)C1CCCCC1)C2(Cl)Cl.C=CCNC(=O)C(=O)C(CCC)NC(=O)[C@@H]1[C@@H]2[C@H](CN1C(=O)[C@@H](NC(=O)OC1CCCC1C)C1CCCCC1)C2(Cl)Cl.CCCC(NC(=O)[C@@H]1[C@@H]2[C@H](CN1C(=O)[C@@H](NC(=O)OC1CCCC1C)C(C)(C)C)C2(C)C)C(=O)C(=O)NCC(=O)NCc1ccccc1. The summed E-state index contributed by atoms with van der Waals surface area (Å²) in [7, 11) is 0. The lowest BCUT2D eigenvalue weighted by atomic mass is 9.83. The average molecular weight is 1920 g/mol. The second kappa shape index (κ2) is 47.1. The first kappa shape index (κ1) is 107. The highest BCUT2D eigenvalue weighted by molar-refractivity contribution is 6.52. The molecule has 10 aliphatic rings. The zero-order chi connectivity index (χ0) is 97.2. The summed E-state index contributed by atoms with van der Waals surface area (Å²) in [5, 5.41) is 26.7. The van der Waals surface area contributed by atoms with Crippen molar-refractivity contribution in [2.45, 2.75) is 318 Å². The van der Waals surface area contributed by atoms with Gasteiger partial charge in [0.05, 0.1) is 24.7 Å². The zero-order valence-corrected chi connectivity index (χ0v) is 81.7. The number of carbonyl (C=O) groups is 16. The second-order valence-corrected chi connectivity index (χ2v) is 42.9. The fraction of sp³-hybridized carbons (Fsp3) is 0.708. The maximum atomic E-state index is 14.2. The van der Waals surface area contributed by atoms with Crippen LogP contribution in [0.25, 0.3) is 0 Å². The van der Waals surface area contributed by atoms with Crippen LogP contribution in [-0.4, -0.2) is 230 Å². The van der Waals surface area contributed by atoms with Crippen molar-refractivity contribution in [1.29, 1.82) is 0 Å². The highest BCUT2D eigenvalue weighted by Crippen LogP contribution is 2.67. The number of nitrogens with one attached hydrogen (secondary N) is 10. The van der Waals surface area contributed by atoms with Gasteiger partial charge in [-0.3, -0.25) is 62.3 Å². The van der Waals surface area contributed by atoms with Gasteiger partial charge in [-0.1, -0.05) is 162 Å². The molecule has 132 heavy (non-hydrogen) atoms. The number of hydrogen-bond donors (Lipinski definition) is 10. The first-order valence-corrected chi connectivity index (χ1v) is 48.9. The van der Waals surface area contributed by atoms with E-state index in [0.717, 1.165) is 108 Å². The molecule has 0 radical (unpaired) electrons. The molecule has 0 bridgehead atoms. The fourth-order valence-corrected chi connectivity index (χ4v) is 21.8. The third-order valence-corrected chi connectivity index (χ3v) is 30.0. The van der Waals surface area contributed by atoms with Gasteiger partial charge in [0.1, 0.15) is 62.7 Å². The van der Waals surface area contributed by atoms with E-state index in [1.807, 2.05) is 71.9 Å². The molecular weight excluding hydrogens is 1780 g/mol. The number of fused-ring (bicyclic) bond motifs is 3. The Morgan fingerprint density at radius 2 is 0.886 bits per heavy atom. The number of carbonyl (C=O) groups excluding carboxylic acids is 16. The quantitative estimate of drug-likeness (QED) is 0.00966. The summed E-state index contributed by atoms with van der Waals surface area (Å²) in [6.07, 6.45) is 19.2. The smallest absolute Gasteiger partial charge is 0.408 e. The van der Waals surface area contributed by atoms with Crippen LogP contribution in [0.2, 0.25) is 0 Å². The van der Waals surface area contributed by atoms with Crippen LogP contribution in [0, 0.1) is 70.0 Å². The van der Waals surface area contributed by atoms with Crippen molar-refractivity contribution in [1.82, 2.24) is 67.9 Å². The van der Waals surface area contributed by atoms with Gasteiger partial charge < -0.3 is 82.1 Å². The zero-order valence-electron chi connectivity index (χ0n) is 78.7. The van der Waals surface area contributed by atoms with Gasteiger partial charge in [-0.05, 0) is 169 Å². The molecule has 13 amide bonds. The lowest BCUT2D eigenvalue weighted by molar-refractivity contribution is -0.145. The number of piperidine rings is 3. The van der Waals surface area contributed by atoms with Crippen LogP contribution in [-0.2, 0) is 83.1 Å². The minimum atomic E-state index is -1.21. The van der Waals surface area contributed by atoms with Gasteiger partial charge in [-0.2, -0.15) is 0 Å². The summed E-state index contributed by atoms with van der Waals surface area (Å²) >= 11 is 26.1. The summed E-state index contributed by atoms with van der Waals surface area (Å²) < 4.78 is 14.5. The molecule has 7 aliphatic carbocycles. The summed E-state index contributed by atoms with van der Waals surface area (Å²) in [5.74, 6) is -9.98. The largest absolute Gasteiger partial charge is 0.446 e. The molecule has 3 aliphatic heterocycles. The molecule has 11 rings (SSSR count). The number of nitrogens with zero attached hydrogens (tertiary/aromatic N) is 3. The van der Waals surface area contributed by atoms with Crippen LogP contribution in [0.4, 0.5) is 14.4 Å². The van der Waals surface area contributed by atoms with Gasteiger partial charge >= 0.3 is 18.3 Å². The summed E-state index contributed by atoms with van der Waals surface area (Å²) in [6, 6.07) is 0.226. The van der Waals surface area contributed by atoms with Crippen LogP contribution in [0.1, 0.15) is 236 Å². The molecule has 19 atom stereocenters. The van der Waals surface area contributed by atoms with E-state index in [4.69, 9.17) is 60.6 Å². The van der Waals surface area contributed by atoms with Gasteiger partial charge in [-0.15, -0.1) is 66.1 Å². The molecule has 0 spiro atoms. The standard InChI is InChI=1S/C36H53N5O7.2C30H44Cl2N4O6/c1-8-13-24(29(43)32(45)38-19-26(42)37-18-22-15-10-9-11-16-22)39-31(44)28-27-23(36(27,6)7)20-41(28)33(46)30(35(3,4)5)40-34(47)48-25-17-12-14-21(25)2;1-4-10-20(25(37)27(39)33-15-5-2)34-26(38)24-22-19(30(22,31)32)16-36(24)28(40)23(18-12-7-6-8-13-18)35-29(41)42-21-14-9-11-17(21)3;1-6-8-15-20(24(37)26(39)33-16-9-7-2)34-25(38)23-21-19(30(21,31)32)17-36(23)27(40)22(18-13-11-10-12-14-18)35-28(41)42-29(3,4)5/h9-11,15-16,21,23-25,27-28,30H,8,12-14,17-20H2,1-7H3,(H,37,42)(H,38,45)(H,39,44)(H,40,47);5,17-24H,2,4,6-16H2,1,3H3,(H,33,39)(H,34,38)(H,35,41);6-7,18-23H,1-2,8-17H2,3-5H3,(H,33,39)(H,34,38)(H,35,41)/t21?,23-,24?,25?,27-,28-,30+;17?,19-,20?,21?,22-,23-,24-;19-,20?,21-,22-,23-/m000/s1. The van der Waals surface area contributed by atoms with Crippen molar-refractivity contribution in [2.75, 3.05) is 39.3 Å². The van der Waals surface area contributed by atoms with Crippen molar-refractivity contribution in [3.63, 3.8) is 0 Å². The number of Topliss-reactive ketones (excluding diaryl/α,β-unsaturated/α-hetero) is 3. The Hall–Kier alpha value is -8.88. The number of hydrogen-bond acceptors (Lipinski definition) is 19. The number of benzene rings is 1. The molecule has 7 saturated carbocycles. The van der Waals surface area contributed by atoms with Crippen molar-refractivity contribution >= 4 is 141 Å². The fourth-order valence-electron chi connectivity index (χ4n) is 20.2. The van der Waals surface area contributed by atoms with Gasteiger partial charge in [0.15, 0.2) is 0 Å². The minimum absolute atomic E-state index is 0.0714. The Labute approximate surface area is 796 Å². The number of ether oxygens (including phenoxy) is 3. The van der Waals surface area contributed by atoms with Gasteiger partial charge in [0.2, 0.25) is 58.7 Å². The molecule has 32 nitrogen and oxygen atoms in total. The number of allylic oxidation sites excluding steroid dienone is 1. The van der Waals surface area contributed by atoms with E-state index in [1.165, 1.54) is 20.8 Å². The van der Waals surface area contributed by atoms with E-state index in [1.54, 1.807) is 32.9 Å². The number of likely N-dealkylation sites (tertiary alicyclic amines) is 3. The summed E-state index contributed by atoms with van der Waals surface area (Å²) in [4.78, 5) is 216. The third kappa shape index (κ3) is 27.3. The minimum Gasteiger partial charge on any atom is -0.446 e. The monoisotopic (exact) mass is 1920 g/mol. The molecule has 10 N–H and O–H groups in total. The normalized spacial score (nSPS) is 26.3. The first-order valence-electron chi connectivity index (χ1n) is 47.4. The average Bonchev–Trinajstić information content (AvgIpc) is 1.53. The Morgan fingerprint density at radius 1 is 0.470 bits per heavy atom. The highest BCUT2D eigenvalue weighted by atomic mass is 35.5. The lowest BCUT2D eigenvalue weighted by Gasteiger charge is -2.38. The van der Waals surface area contributed by atoms with Crippen LogP contribution in [0.15, 0.2) is 68.3 Å². The highest BCUT2D eigenvalue weighted by Gasteiger charge is 2.76. The lowest BCUT2D eigenvalue weighted by Crippen LogP contribution is -2.60. The Kier molecular flexibility index (Phi) is 38.1. The number of rotatable bonds is 38. The number of amides is 13. The summed E-state index contributed by atoms with van der Waals surface area (Å²) in [6.45, 7) is 34.3. The summed E-state index contributed by atoms with van der Waals surface area (Å²) in [5.41, 5.74) is -0.755. The maximum Gasteiger partial charge on any atom is 0.408 e. The molecule has 10 fully saturated rings. The van der Waals surface area contributed by atoms with Gasteiger partial charge in [0, 0.05) is 62.9 Å². The molecule has 0 aromatic heterocycles. The predicted molar refractivity (Wildman–Crippen MR) is 499 cm³/mol. The van der Waals surface area contributed by atoms with E-state index < -0.39 is 175 Å². The molecule has 732 valence electrons. The van der Waals surface area contributed by atoms with Crippen molar-refractivity contribution in [3.05, 3.63) is 73.9 Å². The third-order valence-electron chi connectivity index (χ3n) is 27.9. The number of halogens is 4. The number of ketones is 3.